The Morgan fingerprint density at radius 3 is 2.96 bits per heavy atom. The van der Waals surface area contributed by atoms with E-state index in [0.29, 0.717) is 10.5 Å². The molecule has 0 amide bonds. The van der Waals surface area contributed by atoms with Crippen molar-refractivity contribution in [1.82, 2.24) is 14.9 Å². The molecule has 3 rings (SSSR count). The molecule has 0 spiro atoms. The first-order valence-corrected chi connectivity index (χ1v) is 8.49. The Morgan fingerprint density at radius 1 is 1.46 bits per heavy atom. The lowest BCUT2D eigenvalue weighted by atomic mass is 9.86. The summed E-state index contributed by atoms with van der Waals surface area (Å²) >= 11 is 5.20. The maximum absolute atomic E-state index is 10.6. The summed E-state index contributed by atoms with van der Waals surface area (Å²) in [4.78, 5) is 10.0. The number of aromatic amines is 1. The van der Waals surface area contributed by atoms with Gasteiger partial charge in [-0.25, -0.2) is 0 Å². The average Bonchev–Trinajstić information content (AvgIpc) is 3.19. The minimum absolute atomic E-state index is 0.294. The van der Waals surface area contributed by atoms with E-state index in [9.17, 15) is 10.1 Å². The van der Waals surface area contributed by atoms with Gasteiger partial charge in [0.2, 0.25) is 4.77 Å². The molecule has 0 atom stereocenters. The number of hydrogen-bond acceptors (Lipinski definition) is 6. The lowest BCUT2D eigenvalue weighted by Crippen LogP contribution is -2.09. The van der Waals surface area contributed by atoms with Crippen molar-refractivity contribution in [3.05, 3.63) is 38.6 Å². The molecule has 0 radical (unpaired) electrons. The Balaban J connectivity index is 1.68. The molecule has 1 fully saturated rings. The van der Waals surface area contributed by atoms with Gasteiger partial charge in [-0.3, -0.25) is 15.2 Å². The molecule has 128 valence electrons. The summed E-state index contributed by atoms with van der Waals surface area (Å²) in [6.07, 6.45) is 9.81. The van der Waals surface area contributed by atoms with Gasteiger partial charge in [0.15, 0.2) is 11.6 Å². The summed E-state index contributed by atoms with van der Waals surface area (Å²) in [7, 11) is 0. The second kappa shape index (κ2) is 7.52. The van der Waals surface area contributed by atoms with Gasteiger partial charge in [-0.15, -0.1) is 0 Å². The van der Waals surface area contributed by atoms with Gasteiger partial charge in [-0.2, -0.15) is 14.9 Å². The first kappa shape index (κ1) is 16.6. The predicted octanol–water partition coefficient (Wildman–Crippen LogP) is 3.84. The van der Waals surface area contributed by atoms with Crippen LogP contribution in [0.15, 0.2) is 21.7 Å². The van der Waals surface area contributed by atoms with Gasteiger partial charge < -0.3 is 4.42 Å². The number of furan rings is 1. The maximum atomic E-state index is 10.6. The number of nitro groups is 1. The van der Waals surface area contributed by atoms with Crippen molar-refractivity contribution < 1.29 is 9.34 Å². The molecule has 0 unspecified atom stereocenters. The fourth-order valence-electron chi connectivity index (χ4n) is 3.04. The Morgan fingerprint density at radius 2 is 2.25 bits per heavy atom. The van der Waals surface area contributed by atoms with E-state index in [4.69, 9.17) is 16.6 Å². The lowest BCUT2D eigenvalue weighted by molar-refractivity contribution is -0.402. The van der Waals surface area contributed by atoms with Crippen molar-refractivity contribution in [2.75, 3.05) is 0 Å². The molecule has 2 aromatic heterocycles. The van der Waals surface area contributed by atoms with E-state index in [1.54, 1.807) is 4.68 Å². The molecule has 2 heterocycles. The molecule has 0 aromatic carbocycles. The summed E-state index contributed by atoms with van der Waals surface area (Å²) in [5.74, 6) is 1.49. The third kappa shape index (κ3) is 3.97. The van der Waals surface area contributed by atoms with Crippen molar-refractivity contribution in [2.45, 2.75) is 44.9 Å². The van der Waals surface area contributed by atoms with Crippen molar-refractivity contribution in [2.24, 2.45) is 11.0 Å². The molecular weight excluding hydrogens is 330 g/mol. The summed E-state index contributed by atoms with van der Waals surface area (Å²) in [6, 6.07) is 2.78. The van der Waals surface area contributed by atoms with Crippen molar-refractivity contribution in [1.29, 1.82) is 0 Å². The van der Waals surface area contributed by atoms with E-state index in [2.05, 4.69) is 15.3 Å². The molecule has 0 aliphatic heterocycles. The SMILES string of the molecule is O=[N+]([O-])c1ccc(/C=N\n2c(CCC3CCCCC3)n[nH]c2=S)o1. The van der Waals surface area contributed by atoms with Crippen molar-refractivity contribution >= 4 is 24.3 Å². The van der Waals surface area contributed by atoms with Crippen LogP contribution in [0.25, 0.3) is 0 Å². The number of nitrogens with zero attached hydrogens (tertiary/aromatic N) is 4. The molecule has 0 bridgehead atoms. The summed E-state index contributed by atoms with van der Waals surface area (Å²) in [5.41, 5.74) is 0. The second-order valence-corrected chi connectivity index (χ2v) is 6.36. The highest BCUT2D eigenvalue weighted by atomic mass is 32.1. The maximum Gasteiger partial charge on any atom is 0.433 e. The van der Waals surface area contributed by atoms with Gasteiger partial charge in [0, 0.05) is 6.42 Å². The predicted molar refractivity (Wildman–Crippen MR) is 90.7 cm³/mol. The number of H-pyrrole nitrogens is 1. The molecular formula is C15H19N5O3S. The fourth-order valence-corrected chi connectivity index (χ4v) is 3.24. The van der Waals surface area contributed by atoms with Crippen LogP contribution >= 0.6 is 12.2 Å². The number of rotatable bonds is 6. The number of nitrogens with one attached hydrogen (secondary N) is 1. The van der Waals surface area contributed by atoms with Crippen LogP contribution in [-0.2, 0) is 6.42 Å². The monoisotopic (exact) mass is 349 g/mol. The smallest absolute Gasteiger partial charge is 0.400 e. The van der Waals surface area contributed by atoms with E-state index >= 15 is 0 Å². The highest BCUT2D eigenvalue weighted by Crippen LogP contribution is 2.27. The van der Waals surface area contributed by atoms with Crippen LogP contribution < -0.4 is 0 Å². The highest BCUT2D eigenvalue weighted by Gasteiger charge is 2.15. The molecule has 8 nitrogen and oxygen atoms in total. The Hall–Kier alpha value is -2.29. The lowest BCUT2D eigenvalue weighted by Gasteiger charge is -2.20. The van der Waals surface area contributed by atoms with Crippen molar-refractivity contribution in [3.63, 3.8) is 0 Å². The van der Waals surface area contributed by atoms with Gasteiger partial charge >= 0.3 is 5.88 Å². The summed E-state index contributed by atoms with van der Waals surface area (Å²) in [6.45, 7) is 0. The first-order valence-electron chi connectivity index (χ1n) is 8.08. The van der Waals surface area contributed by atoms with Gasteiger partial charge in [0.05, 0.1) is 12.3 Å². The molecule has 9 heteroatoms. The Kier molecular flexibility index (Phi) is 5.19. The van der Waals surface area contributed by atoms with E-state index in [1.165, 1.54) is 50.5 Å². The van der Waals surface area contributed by atoms with Crippen molar-refractivity contribution in [3.8, 4) is 0 Å². The van der Waals surface area contributed by atoms with E-state index in [1.807, 2.05) is 0 Å². The number of hydrogen-bond donors (Lipinski definition) is 1. The zero-order chi connectivity index (χ0) is 16.9. The zero-order valence-electron chi connectivity index (χ0n) is 13.2. The molecule has 1 saturated carbocycles. The zero-order valence-corrected chi connectivity index (χ0v) is 14.0. The largest absolute Gasteiger partial charge is 0.433 e. The standard InChI is InChI=1S/C15H19N5O3S/c21-20(22)14-9-7-12(23-14)10-16-19-13(17-18-15(19)24)8-6-11-4-2-1-3-5-11/h7,9-11H,1-6,8H2,(H,18,24)/b16-10-. The van der Waals surface area contributed by atoms with Gasteiger partial charge in [-0.05, 0) is 30.6 Å². The fraction of sp³-hybridized carbons (Fsp3) is 0.533. The van der Waals surface area contributed by atoms with Crippen LogP contribution in [0, 0.1) is 20.8 Å². The van der Waals surface area contributed by atoms with Gasteiger partial charge in [-0.1, -0.05) is 32.1 Å². The number of aromatic nitrogens is 3. The Labute approximate surface area is 143 Å². The summed E-state index contributed by atoms with van der Waals surface area (Å²) in [5, 5.41) is 21.9. The van der Waals surface area contributed by atoms with Crippen LogP contribution in [-0.4, -0.2) is 26.0 Å². The van der Waals surface area contributed by atoms with E-state index < -0.39 is 4.92 Å². The van der Waals surface area contributed by atoms with Crippen LogP contribution in [0.4, 0.5) is 5.88 Å². The van der Waals surface area contributed by atoms with Gasteiger partial charge in [0.25, 0.3) is 0 Å². The molecule has 1 aliphatic rings. The van der Waals surface area contributed by atoms with Crippen LogP contribution in [0.3, 0.4) is 0 Å². The topological polar surface area (TPSA) is 102 Å². The average molecular weight is 349 g/mol. The molecule has 2 aromatic rings. The van der Waals surface area contributed by atoms with E-state index in [-0.39, 0.29) is 5.88 Å². The third-order valence-corrected chi connectivity index (χ3v) is 4.58. The molecule has 1 aliphatic carbocycles. The third-order valence-electron chi connectivity index (χ3n) is 4.31. The van der Waals surface area contributed by atoms with E-state index in [0.717, 1.165) is 24.6 Å². The van der Waals surface area contributed by atoms with Gasteiger partial charge in [0.1, 0.15) is 4.92 Å². The van der Waals surface area contributed by atoms with Crippen LogP contribution in [0.2, 0.25) is 0 Å². The molecule has 0 saturated heterocycles. The normalized spacial score (nSPS) is 16.0. The molecule has 1 N–H and O–H groups in total. The minimum Gasteiger partial charge on any atom is -0.400 e. The summed E-state index contributed by atoms with van der Waals surface area (Å²) < 4.78 is 6.99. The second-order valence-electron chi connectivity index (χ2n) is 5.98. The quantitative estimate of drug-likeness (QED) is 0.369. The highest BCUT2D eigenvalue weighted by molar-refractivity contribution is 7.71. The molecule has 24 heavy (non-hydrogen) atoms. The number of aryl methyl sites for hydroxylation is 1. The Bertz CT molecular complexity index is 785. The van der Waals surface area contributed by atoms with Crippen LogP contribution in [0.1, 0.15) is 50.1 Å². The minimum atomic E-state index is -0.587. The first-order chi connectivity index (χ1) is 11.6. The van der Waals surface area contributed by atoms with Crippen LogP contribution in [0.5, 0.6) is 0 Å².